The van der Waals surface area contributed by atoms with Crippen LogP contribution in [-0.4, -0.2) is 68.0 Å². The second-order valence-electron chi connectivity index (χ2n) is 7.16. The summed E-state index contributed by atoms with van der Waals surface area (Å²) in [5.41, 5.74) is 0.135. The van der Waals surface area contributed by atoms with Gasteiger partial charge in [-0.05, 0) is 17.7 Å². The number of hydrogen-bond donors (Lipinski definition) is 6. The van der Waals surface area contributed by atoms with Gasteiger partial charge in [0.1, 0.15) is 58.9 Å². The standard InChI is InChI=1S/C21H20O10/c22-7-15-18(26)19(27)20(28)21(31-15)30-11-5-13(24)16-14(6-11)29-8-12(17(16)25)9-1-3-10(23)4-2-9/h1-6,8,15,18-24,26-28H,7H2/t15?,18-,19?,20?,21+/m0/s1. The molecule has 2 aromatic carbocycles. The van der Waals surface area contributed by atoms with Crippen LogP contribution in [0.4, 0.5) is 0 Å². The SMILES string of the molecule is O=c1c(-c2ccc(O)cc2)coc2cc(O[C@@H]3OC(CO)[C@H](O)C(O)C3O)cc(O)c12. The van der Waals surface area contributed by atoms with E-state index in [0.29, 0.717) is 5.56 Å². The normalized spacial score (nSPS) is 26.1. The van der Waals surface area contributed by atoms with Crippen LogP contribution in [0.15, 0.2) is 51.9 Å². The van der Waals surface area contributed by atoms with Crippen LogP contribution < -0.4 is 10.2 Å². The lowest BCUT2D eigenvalue weighted by Gasteiger charge is -2.39. The first-order valence-corrected chi connectivity index (χ1v) is 9.35. The fraction of sp³-hybridized carbons (Fsp3) is 0.286. The quantitative estimate of drug-likeness (QED) is 0.331. The molecule has 1 saturated heterocycles. The summed E-state index contributed by atoms with van der Waals surface area (Å²) in [7, 11) is 0. The molecule has 164 valence electrons. The first-order chi connectivity index (χ1) is 14.8. The molecule has 0 saturated carbocycles. The van der Waals surface area contributed by atoms with Gasteiger partial charge in [0.25, 0.3) is 0 Å². The Morgan fingerprint density at radius 2 is 1.68 bits per heavy atom. The monoisotopic (exact) mass is 432 g/mol. The molecule has 4 rings (SSSR count). The molecule has 5 atom stereocenters. The Labute approximate surface area is 174 Å². The van der Waals surface area contributed by atoms with Crippen LogP contribution in [0.2, 0.25) is 0 Å². The zero-order valence-electron chi connectivity index (χ0n) is 16.0. The molecular formula is C21H20O10. The van der Waals surface area contributed by atoms with Gasteiger partial charge in [-0.15, -0.1) is 0 Å². The largest absolute Gasteiger partial charge is 0.508 e. The lowest BCUT2D eigenvalue weighted by molar-refractivity contribution is -0.277. The molecule has 0 amide bonds. The van der Waals surface area contributed by atoms with Crippen molar-refractivity contribution in [1.29, 1.82) is 0 Å². The van der Waals surface area contributed by atoms with Crippen LogP contribution in [-0.2, 0) is 4.74 Å². The second kappa shape index (κ2) is 8.17. The highest BCUT2D eigenvalue weighted by atomic mass is 16.7. The Hall–Kier alpha value is -3.15. The highest BCUT2D eigenvalue weighted by molar-refractivity contribution is 5.88. The van der Waals surface area contributed by atoms with E-state index < -0.39 is 48.5 Å². The van der Waals surface area contributed by atoms with Gasteiger partial charge in [0.05, 0.1) is 12.2 Å². The van der Waals surface area contributed by atoms with Gasteiger partial charge in [0.15, 0.2) is 0 Å². The van der Waals surface area contributed by atoms with Crippen LogP contribution in [0.1, 0.15) is 0 Å². The first kappa shape index (κ1) is 21.1. The number of rotatable bonds is 4. The molecule has 10 heteroatoms. The summed E-state index contributed by atoms with van der Waals surface area (Å²) in [6.07, 6.45) is -6.23. The van der Waals surface area contributed by atoms with Gasteiger partial charge in [-0.1, -0.05) is 12.1 Å². The number of fused-ring (bicyclic) bond motifs is 1. The first-order valence-electron chi connectivity index (χ1n) is 9.35. The van der Waals surface area contributed by atoms with Crippen LogP contribution in [0.3, 0.4) is 0 Å². The number of phenolic OH excluding ortho intramolecular Hbond substituents is 2. The molecule has 0 bridgehead atoms. The van der Waals surface area contributed by atoms with Gasteiger partial charge >= 0.3 is 0 Å². The number of hydrogen-bond acceptors (Lipinski definition) is 10. The van der Waals surface area contributed by atoms with E-state index in [-0.39, 0.29) is 28.0 Å². The molecule has 0 radical (unpaired) electrons. The van der Waals surface area contributed by atoms with Gasteiger partial charge < -0.3 is 44.5 Å². The fourth-order valence-electron chi connectivity index (χ4n) is 3.41. The number of phenols is 2. The van der Waals surface area contributed by atoms with Gasteiger partial charge in [-0.25, -0.2) is 0 Å². The molecule has 0 aliphatic carbocycles. The Kier molecular flexibility index (Phi) is 5.56. The van der Waals surface area contributed by atoms with Gasteiger partial charge in [-0.2, -0.15) is 0 Å². The molecule has 1 aliphatic rings. The molecule has 31 heavy (non-hydrogen) atoms. The summed E-state index contributed by atoms with van der Waals surface area (Å²) in [6.45, 7) is -0.622. The molecular weight excluding hydrogens is 412 g/mol. The molecule has 2 heterocycles. The minimum atomic E-state index is -1.64. The summed E-state index contributed by atoms with van der Waals surface area (Å²) >= 11 is 0. The highest BCUT2D eigenvalue weighted by Gasteiger charge is 2.44. The second-order valence-corrected chi connectivity index (χ2v) is 7.16. The zero-order valence-corrected chi connectivity index (χ0v) is 16.0. The minimum absolute atomic E-state index is 0.00730. The maximum absolute atomic E-state index is 12.9. The number of aliphatic hydroxyl groups is 4. The molecule has 0 spiro atoms. The van der Waals surface area contributed by atoms with E-state index in [4.69, 9.17) is 13.9 Å². The number of aliphatic hydroxyl groups excluding tert-OH is 4. The molecule has 1 aromatic heterocycles. The van der Waals surface area contributed by atoms with Crippen molar-refractivity contribution < 1.29 is 44.5 Å². The third-order valence-electron chi connectivity index (χ3n) is 5.11. The fourth-order valence-corrected chi connectivity index (χ4v) is 3.41. The average molecular weight is 432 g/mol. The lowest BCUT2D eigenvalue weighted by atomic mass is 9.99. The smallest absolute Gasteiger partial charge is 0.229 e. The van der Waals surface area contributed by atoms with E-state index in [0.717, 1.165) is 6.07 Å². The van der Waals surface area contributed by atoms with E-state index in [2.05, 4.69) is 0 Å². The number of benzene rings is 2. The molecule has 3 unspecified atom stereocenters. The third-order valence-corrected chi connectivity index (χ3v) is 5.11. The predicted octanol–water partition coefficient (Wildman–Crippen LogP) is 0.0499. The van der Waals surface area contributed by atoms with Crippen LogP contribution in [0, 0.1) is 0 Å². The summed E-state index contributed by atoms with van der Waals surface area (Å²) in [5, 5.41) is 58.8. The zero-order chi connectivity index (χ0) is 22.3. The Bertz CT molecular complexity index is 1140. The van der Waals surface area contributed by atoms with Crippen LogP contribution in [0.25, 0.3) is 22.1 Å². The van der Waals surface area contributed by atoms with E-state index >= 15 is 0 Å². The maximum atomic E-state index is 12.9. The lowest BCUT2D eigenvalue weighted by Crippen LogP contribution is -2.60. The molecule has 1 aliphatic heterocycles. The van der Waals surface area contributed by atoms with Gasteiger partial charge in [-0.3, -0.25) is 4.79 Å². The minimum Gasteiger partial charge on any atom is -0.508 e. The number of ether oxygens (including phenoxy) is 2. The van der Waals surface area contributed by atoms with Gasteiger partial charge in [0, 0.05) is 12.1 Å². The van der Waals surface area contributed by atoms with Crippen LogP contribution >= 0.6 is 0 Å². The predicted molar refractivity (Wildman–Crippen MR) is 106 cm³/mol. The Balaban J connectivity index is 1.68. The third kappa shape index (κ3) is 3.82. The Morgan fingerprint density at radius 1 is 0.968 bits per heavy atom. The summed E-state index contributed by atoms with van der Waals surface area (Å²) in [5.74, 6) is -0.465. The summed E-state index contributed by atoms with van der Waals surface area (Å²) in [6, 6.07) is 8.29. The van der Waals surface area contributed by atoms with Crippen molar-refractivity contribution in [2.75, 3.05) is 6.61 Å². The van der Waals surface area contributed by atoms with E-state index in [1.807, 2.05) is 0 Å². The van der Waals surface area contributed by atoms with Crippen molar-refractivity contribution in [2.24, 2.45) is 0 Å². The van der Waals surface area contributed by atoms with Crippen molar-refractivity contribution in [2.45, 2.75) is 30.7 Å². The van der Waals surface area contributed by atoms with Crippen molar-refractivity contribution >= 4 is 11.0 Å². The molecule has 3 aromatic rings. The van der Waals surface area contributed by atoms with Crippen molar-refractivity contribution in [3.05, 3.63) is 52.9 Å². The van der Waals surface area contributed by atoms with Gasteiger partial charge in [0.2, 0.25) is 11.7 Å². The highest BCUT2D eigenvalue weighted by Crippen LogP contribution is 2.32. The molecule has 6 N–H and O–H groups in total. The maximum Gasteiger partial charge on any atom is 0.229 e. The topological polar surface area (TPSA) is 170 Å². The molecule has 1 fully saturated rings. The Morgan fingerprint density at radius 3 is 2.35 bits per heavy atom. The van der Waals surface area contributed by atoms with Crippen molar-refractivity contribution in [3.63, 3.8) is 0 Å². The van der Waals surface area contributed by atoms with Crippen LogP contribution in [0.5, 0.6) is 17.2 Å². The average Bonchev–Trinajstić information content (AvgIpc) is 2.75. The van der Waals surface area contributed by atoms with E-state index in [1.54, 1.807) is 0 Å². The van der Waals surface area contributed by atoms with E-state index in [1.165, 1.54) is 36.6 Å². The molecule has 10 nitrogen and oxygen atoms in total. The number of aromatic hydroxyl groups is 2. The summed E-state index contributed by atoms with van der Waals surface area (Å²) < 4.78 is 16.2. The van der Waals surface area contributed by atoms with Crippen molar-refractivity contribution in [1.82, 2.24) is 0 Å². The van der Waals surface area contributed by atoms with E-state index in [9.17, 15) is 35.4 Å². The van der Waals surface area contributed by atoms with Crippen molar-refractivity contribution in [3.8, 4) is 28.4 Å². The summed E-state index contributed by atoms with van der Waals surface area (Å²) in [4.78, 5) is 12.9.